The van der Waals surface area contributed by atoms with Gasteiger partial charge in [-0.25, -0.2) is 13.1 Å². The first kappa shape index (κ1) is 11.4. The first-order chi connectivity index (χ1) is 7.62. The Kier molecular flexibility index (Phi) is 3.13. The lowest BCUT2D eigenvalue weighted by Crippen LogP contribution is -2.18. The molecule has 1 aromatic rings. The Morgan fingerprint density at radius 2 is 2.31 bits per heavy atom. The molecule has 1 heterocycles. The van der Waals surface area contributed by atoms with Crippen molar-refractivity contribution >= 4 is 10.0 Å². The van der Waals surface area contributed by atoms with Gasteiger partial charge >= 0.3 is 0 Å². The molecule has 1 aliphatic rings. The quantitative estimate of drug-likeness (QED) is 0.759. The summed E-state index contributed by atoms with van der Waals surface area (Å²) in [6, 6.07) is 6.38. The van der Waals surface area contributed by atoms with E-state index in [-0.39, 0.29) is 11.0 Å². The van der Waals surface area contributed by atoms with Crippen molar-refractivity contribution in [3.63, 3.8) is 0 Å². The van der Waals surface area contributed by atoms with Crippen LogP contribution in [0.5, 0.6) is 5.75 Å². The topological polar surface area (TPSA) is 67.9 Å². The van der Waals surface area contributed by atoms with Gasteiger partial charge in [-0.05, 0) is 19.2 Å². The van der Waals surface area contributed by atoms with E-state index in [0.29, 0.717) is 19.0 Å². The Morgan fingerprint density at radius 1 is 1.56 bits per heavy atom. The minimum atomic E-state index is -3.40. The molecule has 88 valence electrons. The molecule has 2 rings (SSSR count). The van der Waals surface area contributed by atoms with Crippen molar-refractivity contribution in [3.05, 3.63) is 24.3 Å². The van der Waals surface area contributed by atoms with Gasteiger partial charge in [0.25, 0.3) is 0 Å². The highest BCUT2D eigenvalue weighted by Crippen LogP contribution is 2.19. The molecule has 1 aliphatic heterocycles. The maximum absolute atomic E-state index is 11.5. The maximum Gasteiger partial charge on any atom is 0.240 e. The summed E-state index contributed by atoms with van der Waals surface area (Å²) in [6.07, 6.45) is 0.157. The summed E-state index contributed by atoms with van der Waals surface area (Å²) in [5.41, 5.74) is 0. The molecule has 0 saturated carbocycles. The van der Waals surface area contributed by atoms with E-state index in [0.717, 1.165) is 0 Å². The SMILES string of the molecule is CNS(=O)(=O)c1cccc(OCC2CO2)c1. The van der Waals surface area contributed by atoms with Crippen LogP contribution in [0.25, 0.3) is 0 Å². The molecule has 1 saturated heterocycles. The van der Waals surface area contributed by atoms with Crippen molar-refractivity contribution < 1.29 is 17.9 Å². The van der Waals surface area contributed by atoms with Crippen molar-refractivity contribution in [1.29, 1.82) is 0 Å². The first-order valence-electron chi connectivity index (χ1n) is 4.90. The van der Waals surface area contributed by atoms with Crippen LogP contribution in [0, 0.1) is 0 Å². The molecule has 1 atom stereocenters. The third-order valence-electron chi connectivity index (χ3n) is 2.22. The molecule has 1 aromatic carbocycles. The molecule has 0 radical (unpaired) electrons. The molecule has 1 fully saturated rings. The van der Waals surface area contributed by atoms with E-state index >= 15 is 0 Å². The Bertz CT molecular complexity index is 467. The van der Waals surface area contributed by atoms with E-state index in [2.05, 4.69) is 4.72 Å². The number of epoxide rings is 1. The third-order valence-corrected chi connectivity index (χ3v) is 3.63. The van der Waals surface area contributed by atoms with Gasteiger partial charge in [-0.1, -0.05) is 6.07 Å². The van der Waals surface area contributed by atoms with Gasteiger partial charge in [0, 0.05) is 6.07 Å². The Hall–Kier alpha value is -1.11. The average molecular weight is 243 g/mol. The zero-order chi connectivity index (χ0) is 11.6. The van der Waals surface area contributed by atoms with E-state index in [1.165, 1.54) is 19.2 Å². The molecule has 0 bridgehead atoms. The molecule has 1 N–H and O–H groups in total. The predicted octanol–water partition coefficient (Wildman–Crippen LogP) is 0.372. The summed E-state index contributed by atoms with van der Waals surface area (Å²) in [4.78, 5) is 0.198. The molecule has 0 amide bonds. The van der Waals surface area contributed by atoms with Crippen LogP contribution in [-0.2, 0) is 14.8 Å². The highest BCUT2D eigenvalue weighted by Gasteiger charge is 2.23. The average Bonchev–Trinajstić information content (AvgIpc) is 3.11. The molecular weight excluding hydrogens is 230 g/mol. The van der Waals surface area contributed by atoms with Gasteiger partial charge in [-0.2, -0.15) is 0 Å². The van der Waals surface area contributed by atoms with E-state index in [1.54, 1.807) is 12.1 Å². The highest BCUT2D eigenvalue weighted by molar-refractivity contribution is 7.89. The summed E-state index contributed by atoms with van der Waals surface area (Å²) in [6.45, 7) is 1.18. The minimum Gasteiger partial charge on any atom is -0.491 e. The van der Waals surface area contributed by atoms with Gasteiger partial charge in [0.15, 0.2) is 0 Å². The smallest absolute Gasteiger partial charge is 0.240 e. The van der Waals surface area contributed by atoms with E-state index in [9.17, 15) is 8.42 Å². The fourth-order valence-corrected chi connectivity index (χ4v) is 1.97. The Labute approximate surface area is 94.4 Å². The predicted molar refractivity (Wildman–Crippen MR) is 57.9 cm³/mol. The molecule has 16 heavy (non-hydrogen) atoms. The normalized spacial score (nSPS) is 19.4. The van der Waals surface area contributed by atoms with Crippen molar-refractivity contribution in [1.82, 2.24) is 4.72 Å². The molecule has 6 heteroatoms. The molecule has 0 aliphatic carbocycles. The highest BCUT2D eigenvalue weighted by atomic mass is 32.2. The van der Waals surface area contributed by atoms with E-state index < -0.39 is 10.0 Å². The van der Waals surface area contributed by atoms with E-state index in [1.807, 2.05) is 0 Å². The second-order valence-corrected chi connectivity index (χ2v) is 5.34. The van der Waals surface area contributed by atoms with Crippen molar-refractivity contribution in [2.24, 2.45) is 0 Å². The first-order valence-corrected chi connectivity index (χ1v) is 6.38. The van der Waals surface area contributed by atoms with E-state index in [4.69, 9.17) is 9.47 Å². The summed E-state index contributed by atoms with van der Waals surface area (Å²) < 4.78 is 35.7. The van der Waals surface area contributed by atoms with Gasteiger partial charge < -0.3 is 9.47 Å². The van der Waals surface area contributed by atoms with Crippen LogP contribution >= 0.6 is 0 Å². The molecule has 5 nitrogen and oxygen atoms in total. The Morgan fingerprint density at radius 3 is 2.94 bits per heavy atom. The van der Waals surface area contributed by atoms with Gasteiger partial charge in [-0.3, -0.25) is 0 Å². The zero-order valence-corrected chi connectivity index (χ0v) is 9.66. The molecule has 0 spiro atoms. The van der Waals surface area contributed by atoms with Crippen LogP contribution in [-0.4, -0.2) is 34.8 Å². The number of nitrogens with one attached hydrogen (secondary N) is 1. The van der Waals surface area contributed by atoms with Gasteiger partial charge in [0.1, 0.15) is 18.5 Å². The number of hydrogen-bond acceptors (Lipinski definition) is 4. The van der Waals surface area contributed by atoms with Crippen molar-refractivity contribution in [2.45, 2.75) is 11.0 Å². The largest absolute Gasteiger partial charge is 0.491 e. The van der Waals surface area contributed by atoms with Crippen LogP contribution < -0.4 is 9.46 Å². The number of benzene rings is 1. The summed E-state index contributed by atoms with van der Waals surface area (Å²) in [5.74, 6) is 0.534. The van der Waals surface area contributed by atoms with Crippen molar-refractivity contribution in [2.75, 3.05) is 20.3 Å². The maximum atomic E-state index is 11.5. The third kappa shape index (κ3) is 2.72. The van der Waals surface area contributed by atoms with Crippen LogP contribution in [0.2, 0.25) is 0 Å². The standard InChI is InChI=1S/C10H13NO4S/c1-11-16(12,13)10-4-2-3-8(5-10)14-6-9-7-15-9/h2-5,9,11H,6-7H2,1H3. The molecular formula is C10H13NO4S. The number of sulfonamides is 1. The van der Waals surface area contributed by atoms with Gasteiger partial charge in [0.05, 0.1) is 11.5 Å². The second kappa shape index (κ2) is 4.40. The number of rotatable bonds is 5. The lowest BCUT2D eigenvalue weighted by Gasteiger charge is -2.06. The lowest BCUT2D eigenvalue weighted by atomic mass is 10.3. The molecule has 0 aromatic heterocycles. The lowest BCUT2D eigenvalue weighted by molar-refractivity contribution is 0.262. The fraction of sp³-hybridized carbons (Fsp3) is 0.400. The van der Waals surface area contributed by atoms with Gasteiger partial charge in [0.2, 0.25) is 10.0 Å². The number of hydrogen-bond donors (Lipinski definition) is 1. The summed E-state index contributed by atoms with van der Waals surface area (Å²) in [7, 11) is -2.03. The summed E-state index contributed by atoms with van der Waals surface area (Å²) >= 11 is 0. The van der Waals surface area contributed by atoms with Crippen LogP contribution in [0.3, 0.4) is 0 Å². The Balaban J connectivity index is 2.12. The van der Waals surface area contributed by atoms with Crippen molar-refractivity contribution in [3.8, 4) is 5.75 Å². The van der Waals surface area contributed by atoms with Crippen LogP contribution in [0.4, 0.5) is 0 Å². The van der Waals surface area contributed by atoms with Gasteiger partial charge in [-0.15, -0.1) is 0 Å². The monoisotopic (exact) mass is 243 g/mol. The summed E-state index contributed by atoms with van der Waals surface area (Å²) in [5, 5.41) is 0. The minimum absolute atomic E-state index is 0.157. The zero-order valence-electron chi connectivity index (χ0n) is 8.84. The fourth-order valence-electron chi connectivity index (χ4n) is 1.20. The molecule has 1 unspecified atom stereocenters. The second-order valence-electron chi connectivity index (χ2n) is 3.45. The number of ether oxygens (including phenoxy) is 2. The van der Waals surface area contributed by atoms with Crippen LogP contribution in [0.1, 0.15) is 0 Å². The van der Waals surface area contributed by atoms with Crippen LogP contribution in [0.15, 0.2) is 29.2 Å².